The highest BCUT2D eigenvalue weighted by molar-refractivity contribution is 5.81. The van der Waals surface area contributed by atoms with Gasteiger partial charge in [0.25, 0.3) is 11.5 Å². The number of aryl methyl sites for hydroxylation is 1. The molecule has 0 spiro atoms. The van der Waals surface area contributed by atoms with E-state index in [1.165, 1.54) is 23.8 Å². The van der Waals surface area contributed by atoms with Crippen molar-refractivity contribution in [2.75, 3.05) is 5.73 Å². The molecule has 7 heteroatoms. The second-order valence-electron chi connectivity index (χ2n) is 4.40. The summed E-state index contributed by atoms with van der Waals surface area (Å²) in [4.78, 5) is 27.5. The molecule has 7 nitrogen and oxygen atoms in total. The Kier molecular flexibility index (Phi) is 3.60. The molecule has 1 atom stereocenters. The fourth-order valence-corrected chi connectivity index (χ4v) is 1.88. The molecule has 2 aromatic rings. The summed E-state index contributed by atoms with van der Waals surface area (Å²) in [5, 5.41) is 0.665. The summed E-state index contributed by atoms with van der Waals surface area (Å²) in [6.07, 6.45) is 0.597. The van der Waals surface area contributed by atoms with E-state index >= 15 is 0 Å². The number of rotatable bonds is 4. The van der Waals surface area contributed by atoms with E-state index in [1.54, 1.807) is 6.07 Å². The van der Waals surface area contributed by atoms with Gasteiger partial charge in [0.2, 0.25) is 0 Å². The Morgan fingerprint density at radius 3 is 2.80 bits per heavy atom. The molecule has 0 fully saturated rings. The van der Waals surface area contributed by atoms with Crippen molar-refractivity contribution in [3.05, 3.63) is 28.7 Å². The standard InChI is InChI=1S/C13H16N4O3/c1-3-17-12-8(4-9(14)6-16-12)5-10(13(17)19)20-7(2)11(15)18/h4-7H,3,14H2,1-2H3,(H2,15,18). The highest BCUT2D eigenvalue weighted by atomic mass is 16.5. The van der Waals surface area contributed by atoms with Gasteiger partial charge in [-0.3, -0.25) is 14.2 Å². The second kappa shape index (κ2) is 5.20. The minimum absolute atomic E-state index is 0.0538. The van der Waals surface area contributed by atoms with Gasteiger partial charge in [-0.05, 0) is 26.0 Å². The molecule has 0 aromatic carbocycles. The normalized spacial score (nSPS) is 12.3. The van der Waals surface area contributed by atoms with Crippen molar-refractivity contribution in [3.63, 3.8) is 0 Å². The van der Waals surface area contributed by atoms with E-state index < -0.39 is 12.0 Å². The summed E-state index contributed by atoms with van der Waals surface area (Å²) in [5.74, 6) is -0.587. The topological polar surface area (TPSA) is 113 Å². The van der Waals surface area contributed by atoms with Crippen molar-refractivity contribution in [2.45, 2.75) is 26.5 Å². The third-order valence-electron chi connectivity index (χ3n) is 2.94. The Hall–Kier alpha value is -2.57. The lowest BCUT2D eigenvalue weighted by atomic mass is 10.2. The zero-order valence-corrected chi connectivity index (χ0v) is 11.3. The highest BCUT2D eigenvalue weighted by Crippen LogP contribution is 2.18. The number of hydrogen-bond acceptors (Lipinski definition) is 5. The second-order valence-corrected chi connectivity index (χ2v) is 4.40. The number of anilines is 1. The van der Waals surface area contributed by atoms with E-state index in [9.17, 15) is 9.59 Å². The Bertz CT molecular complexity index is 723. The first-order valence-electron chi connectivity index (χ1n) is 6.19. The van der Waals surface area contributed by atoms with Gasteiger partial charge in [0, 0.05) is 11.9 Å². The lowest BCUT2D eigenvalue weighted by Gasteiger charge is -2.14. The number of nitrogens with two attached hydrogens (primary N) is 2. The molecule has 0 aliphatic rings. The van der Waals surface area contributed by atoms with Gasteiger partial charge in [-0.1, -0.05) is 0 Å². The van der Waals surface area contributed by atoms with Crippen LogP contribution in [0.5, 0.6) is 5.75 Å². The Morgan fingerprint density at radius 2 is 2.20 bits per heavy atom. The van der Waals surface area contributed by atoms with E-state index in [-0.39, 0.29) is 11.3 Å². The lowest BCUT2D eigenvalue weighted by molar-refractivity contribution is -0.124. The molecule has 2 aromatic heterocycles. The summed E-state index contributed by atoms with van der Waals surface area (Å²) >= 11 is 0. The number of carbonyl (C=O) groups is 1. The number of nitrogens with zero attached hydrogens (tertiary/aromatic N) is 2. The molecule has 0 bridgehead atoms. The molecule has 1 unspecified atom stereocenters. The molecule has 1 amide bonds. The zero-order valence-electron chi connectivity index (χ0n) is 11.3. The fraction of sp³-hybridized carbons (Fsp3) is 0.308. The van der Waals surface area contributed by atoms with Crippen LogP contribution in [0, 0.1) is 0 Å². The van der Waals surface area contributed by atoms with Gasteiger partial charge >= 0.3 is 0 Å². The number of aromatic nitrogens is 2. The van der Waals surface area contributed by atoms with Crippen LogP contribution in [-0.2, 0) is 11.3 Å². The molecule has 2 heterocycles. The van der Waals surface area contributed by atoms with Gasteiger partial charge in [0.1, 0.15) is 5.65 Å². The molecule has 0 saturated heterocycles. The summed E-state index contributed by atoms with van der Waals surface area (Å²) in [5.41, 5.74) is 11.5. The SMILES string of the molecule is CCn1c(=O)c(OC(C)C(N)=O)cc2cc(N)cnc21. The van der Waals surface area contributed by atoms with E-state index in [1.807, 2.05) is 6.92 Å². The van der Waals surface area contributed by atoms with Gasteiger partial charge in [-0.2, -0.15) is 0 Å². The summed E-state index contributed by atoms with van der Waals surface area (Å²) in [6.45, 7) is 3.73. The van der Waals surface area contributed by atoms with E-state index in [0.717, 1.165) is 0 Å². The molecular formula is C13H16N4O3. The quantitative estimate of drug-likeness (QED) is 0.831. The molecular weight excluding hydrogens is 260 g/mol. The lowest BCUT2D eigenvalue weighted by Crippen LogP contribution is -2.33. The van der Waals surface area contributed by atoms with Crippen molar-refractivity contribution < 1.29 is 9.53 Å². The first kappa shape index (κ1) is 13.9. The van der Waals surface area contributed by atoms with Crippen LogP contribution in [0.25, 0.3) is 11.0 Å². The fourth-order valence-electron chi connectivity index (χ4n) is 1.88. The molecule has 0 radical (unpaired) electrons. The predicted molar refractivity (Wildman–Crippen MR) is 75.4 cm³/mol. The molecule has 0 saturated carbocycles. The minimum Gasteiger partial charge on any atom is -0.475 e. The minimum atomic E-state index is -0.889. The number of ether oxygens (including phenoxy) is 1. The van der Waals surface area contributed by atoms with Gasteiger partial charge < -0.3 is 16.2 Å². The van der Waals surface area contributed by atoms with Crippen LogP contribution in [0.1, 0.15) is 13.8 Å². The Labute approximate surface area is 115 Å². The van der Waals surface area contributed by atoms with Gasteiger partial charge in [-0.25, -0.2) is 4.98 Å². The third kappa shape index (κ3) is 2.42. The van der Waals surface area contributed by atoms with Gasteiger partial charge in [0.05, 0.1) is 11.9 Å². The molecule has 106 valence electrons. The van der Waals surface area contributed by atoms with Crippen molar-refractivity contribution >= 4 is 22.6 Å². The number of hydrogen-bond donors (Lipinski definition) is 2. The van der Waals surface area contributed by atoms with Crippen molar-refractivity contribution in [1.82, 2.24) is 9.55 Å². The first-order valence-corrected chi connectivity index (χ1v) is 6.19. The smallest absolute Gasteiger partial charge is 0.294 e. The maximum atomic E-state index is 12.3. The molecule has 0 aliphatic heterocycles. The van der Waals surface area contributed by atoms with Crippen molar-refractivity contribution in [3.8, 4) is 5.75 Å². The number of fused-ring (bicyclic) bond motifs is 1. The molecule has 2 rings (SSSR count). The number of amides is 1. The van der Waals surface area contributed by atoms with Gasteiger partial charge in [0.15, 0.2) is 11.9 Å². The van der Waals surface area contributed by atoms with Crippen LogP contribution in [0.15, 0.2) is 23.1 Å². The predicted octanol–water partition coefficient (Wildman–Crippen LogP) is 0.251. The van der Waals surface area contributed by atoms with Crippen LogP contribution >= 0.6 is 0 Å². The highest BCUT2D eigenvalue weighted by Gasteiger charge is 2.16. The number of carbonyl (C=O) groups excluding carboxylic acids is 1. The van der Waals surface area contributed by atoms with Crippen molar-refractivity contribution in [1.29, 1.82) is 0 Å². The van der Waals surface area contributed by atoms with Crippen molar-refractivity contribution in [2.24, 2.45) is 5.73 Å². The van der Waals surface area contributed by atoms with E-state index in [4.69, 9.17) is 16.2 Å². The largest absolute Gasteiger partial charge is 0.475 e. The van der Waals surface area contributed by atoms with Crippen LogP contribution in [0.3, 0.4) is 0 Å². The zero-order chi connectivity index (χ0) is 14.9. The number of primary amides is 1. The Morgan fingerprint density at radius 1 is 1.50 bits per heavy atom. The average molecular weight is 276 g/mol. The maximum absolute atomic E-state index is 12.3. The maximum Gasteiger partial charge on any atom is 0.294 e. The van der Waals surface area contributed by atoms with Gasteiger partial charge in [-0.15, -0.1) is 0 Å². The third-order valence-corrected chi connectivity index (χ3v) is 2.94. The summed E-state index contributed by atoms with van der Waals surface area (Å²) in [6, 6.07) is 3.21. The number of pyridine rings is 2. The number of nitrogen functional groups attached to an aromatic ring is 1. The molecule has 4 N–H and O–H groups in total. The van der Waals surface area contributed by atoms with Crippen LogP contribution in [0.4, 0.5) is 5.69 Å². The van der Waals surface area contributed by atoms with Crippen LogP contribution < -0.4 is 21.8 Å². The Balaban J connectivity index is 2.64. The first-order chi connectivity index (χ1) is 9.43. The van der Waals surface area contributed by atoms with E-state index in [0.29, 0.717) is 23.3 Å². The molecule has 0 aliphatic carbocycles. The summed E-state index contributed by atoms with van der Waals surface area (Å²) in [7, 11) is 0. The van der Waals surface area contributed by atoms with E-state index in [2.05, 4.69) is 4.98 Å². The monoisotopic (exact) mass is 276 g/mol. The molecule has 20 heavy (non-hydrogen) atoms. The van der Waals surface area contributed by atoms with Crippen LogP contribution in [0.2, 0.25) is 0 Å². The van der Waals surface area contributed by atoms with Crippen LogP contribution in [-0.4, -0.2) is 21.6 Å². The summed E-state index contributed by atoms with van der Waals surface area (Å²) < 4.78 is 6.78. The average Bonchev–Trinajstić information content (AvgIpc) is 2.39.